The van der Waals surface area contributed by atoms with Crippen LogP contribution in [-0.4, -0.2) is 45.5 Å². The highest BCUT2D eigenvalue weighted by Gasteiger charge is 2.19. The Morgan fingerprint density at radius 1 is 1.15 bits per heavy atom. The zero-order chi connectivity index (χ0) is 20.4. The molecule has 7 nitrogen and oxygen atoms in total. The largest absolute Gasteiger partial charge is 0.508 e. The third kappa shape index (κ3) is 7.53. The number of carboxylic acid groups (broad SMARTS) is 1. The minimum absolute atomic E-state index is 0.0450. The summed E-state index contributed by atoms with van der Waals surface area (Å²) in [7, 11) is 0. The SMILES string of the molecule is CC(C)CC=CC=CC(=O)N(CCO)c1cc(CCC(=O)O)c(O)cc1O. The van der Waals surface area contributed by atoms with Crippen LogP contribution in [0.25, 0.3) is 0 Å². The number of phenolic OH excluding ortho intramolecular Hbond substituents is 2. The van der Waals surface area contributed by atoms with Crippen LogP contribution in [0.1, 0.15) is 32.3 Å². The molecule has 0 aliphatic heterocycles. The summed E-state index contributed by atoms with van der Waals surface area (Å²) in [4.78, 5) is 24.4. The molecule has 148 valence electrons. The van der Waals surface area contributed by atoms with Gasteiger partial charge in [-0.15, -0.1) is 0 Å². The van der Waals surface area contributed by atoms with Crippen molar-refractivity contribution in [2.45, 2.75) is 33.1 Å². The topological polar surface area (TPSA) is 118 Å². The Kier molecular flexibility index (Phi) is 9.08. The van der Waals surface area contributed by atoms with Crippen molar-refractivity contribution in [2.24, 2.45) is 5.92 Å². The molecule has 0 unspecified atom stereocenters. The van der Waals surface area contributed by atoms with E-state index in [1.165, 1.54) is 17.0 Å². The Labute approximate surface area is 158 Å². The molecule has 0 saturated heterocycles. The van der Waals surface area contributed by atoms with Crippen molar-refractivity contribution >= 4 is 17.6 Å². The summed E-state index contributed by atoms with van der Waals surface area (Å²) in [5.74, 6) is -1.56. The second-order valence-corrected chi connectivity index (χ2v) is 6.49. The summed E-state index contributed by atoms with van der Waals surface area (Å²) in [6.45, 7) is 3.78. The number of carbonyl (C=O) groups is 2. The highest BCUT2D eigenvalue weighted by molar-refractivity contribution is 6.02. The van der Waals surface area contributed by atoms with Gasteiger partial charge >= 0.3 is 5.97 Å². The van der Waals surface area contributed by atoms with Crippen molar-refractivity contribution in [1.82, 2.24) is 0 Å². The number of benzene rings is 1. The number of aliphatic carboxylic acids is 1. The first-order valence-corrected chi connectivity index (χ1v) is 8.78. The van der Waals surface area contributed by atoms with Crippen LogP contribution in [0.3, 0.4) is 0 Å². The summed E-state index contributed by atoms with van der Waals surface area (Å²) in [5, 5.41) is 38.1. The monoisotopic (exact) mass is 377 g/mol. The summed E-state index contributed by atoms with van der Waals surface area (Å²) < 4.78 is 0. The maximum Gasteiger partial charge on any atom is 0.303 e. The van der Waals surface area contributed by atoms with Gasteiger partial charge in [0.15, 0.2) is 0 Å². The van der Waals surface area contributed by atoms with E-state index < -0.39 is 11.9 Å². The molecule has 0 bridgehead atoms. The Morgan fingerprint density at radius 3 is 2.44 bits per heavy atom. The number of carboxylic acids is 1. The third-order valence-electron chi connectivity index (χ3n) is 3.76. The number of phenols is 2. The molecule has 0 spiro atoms. The predicted molar refractivity (Wildman–Crippen MR) is 103 cm³/mol. The van der Waals surface area contributed by atoms with Crippen LogP contribution in [0.15, 0.2) is 36.4 Å². The number of carbonyl (C=O) groups excluding carboxylic acids is 1. The highest BCUT2D eigenvalue weighted by Crippen LogP contribution is 2.35. The van der Waals surface area contributed by atoms with E-state index in [1.807, 2.05) is 6.08 Å². The molecule has 27 heavy (non-hydrogen) atoms. The van der Waals surface area contributed by atoms with E-state index in [0.717, 1.165) is 12.5 Å². The van der Waals surface area contributed by atoms with E-state index in [-0.39, 0.29) is 43.2 Å². The number of anilines is 1. The fourth-order valence-electron chi connectivity index (χ4n) is 2.37. The number of aromatic hydroxyl groups is 2. The first-order chi connectivity index (χ1) is 12.8. The van der Waals surface area contributed by atoms with Gasteiger partial charge in [0.25, 0.3) is 5.91 Å². The van der Waals surface area contributed by atoms with Gasteiger partial charge < -0.3 is 25.3 Å². The number of hydrogen-bond donors (Lipinski definition) is 4. The first kappa shape index (κ1) is 22.2. The summed E-state index contributed by atoms with van der Waals surface area (Å²) in [6, 6.07) is 2.43. The summed E-state index contributed by atoms with van der Waals surface area (Å²) >= 11 is 0. The average Bonchev–Trinajstić information content (AvgIpc) is 2.58. The van der Waals surface area contributed by atoms with Gasteiger partial charge in [0.2, 0.25) is 0 Å². The molecule has 4 N–H and O–H groups in total. The molecule has 0 radical (unpaired) electrons. The zero-order valence-corrected chi connectivity index (χ0v) is 15.6. The van der Waals surface area contributed by atoms with Crippen LogP contribution in [0, 0.1) is 5.92 Å². The molecule has 0 aliphatic carbocycles. The maximum atomic E-state index is 12.5. The summed E-state index contributed by atoms with van der Waals surface area (Å²) in [6.07, 6.45) is 7.31. The number of aryl methyl sites for hydroxylation is 1. The van der Waals surface area contributed by atoms with Crippen molar-refractivity contribution in [3.05, 3.63) is 42.0 Å². The lowest BCUT2D eigenvalue weighted by Gasteiger charge is -2.22. The summed E-state index contributed by atoms with van der Waals surface area (Å²) in [5.41, 5.74) is 0.393. The molecule has 0 heterocycles. The number of aliphatic hydroxyl groups is 1. The third-order valence-corrected chi connectivity index (χ3v) is 3.76. The van der Waals surface area contributed by atoms with Crippen LogP contribution >= 0.6 is 0 Å². The number of allylic oxidation sites excluding steroid dienone is 3. The quantitative estimate of drug-likeness (QED) is 0.368. The lowest BCUT2D eigenvalue weighted by atomic mass is 10.1. The van der Waals surface area contributed by atoms with Gasteiger partial charge in [0.1, 0.15) is 11.5 Å². The molecule has 0 aliphatic rings. The van der Waals surface area contributed by atoms with Gasteiger partial charge in [0, 0.05) is 25.1 Å². The second kappa shape index (κ2) is 11.0. The number of aliphatic hydroxyl groups excluding tert-OH is 1. The van der Waals surface area contributed by atoms with Crippen molar-refractivity contribution in [1.29, 1.82) is 0 Å². The minimum Gasteiger partial charge on any atom is -0.508 e. The van der Waals surface area contributed by atoms with E-state index in [4.69, 9.17) is 5.11 Å². The Hall–Kier alpha value is -2.80. The van der Waals surface area contributed by atoms with E-state index in [9.17, 15) is 24.9 Å². The molecule has 0 aromatic heterocycles. The number of hydrogen-bond acceptors (Lipinski definition) is 5. The Morgan fingerprint density at radius 2 is 1.85 bits per heavy atom. The molecule has 0 saturated carbocycles. The molecule has 1 aromatic rings. The van der Waals surface area contributed by atoms with E-state index in [2.05, 4.69) is 13.8 Å². The molecular formula is C20H27NO6. The van der Waals surface area contributed by atoms with Gasteiger partial charge in [-0.05, 0) is 30.4 Å². The zero-order valence-electron chi connectivity index (χ0n) is 15.6. The van der Waals surface area contributed by atoms with Crippen molar-refractivity contribution in [2.75, 3.05) is 18.1 Å². The van der Waals surface area contributed by atoms with E-state index >= 15 is 0 Å². The average molecular weight is 377 g/mol. The van der Waals surface area contributed by atoms with Crippen LogP contribution in [0.4, 0.5) is 5.69 Å². The molecule has 1 aromatic carbocycles. The van der Waals surface area contributed by atoms with Gasteiger partial charge in [0.05, 0.1) is 12.3 Å². The predicted octanol–water partition coefficient (Wildman–Crippen LogP) is 2.60. The van der Waals surface area contributed by atoms with Gasteiger partial charge in [-0.2, -0.15) is 0 Å². The number of amides is 1. The number of nitrogens with zero attached hydrogens (tertiary/aromatic N) is 1. The first-order valence-electron chi connectivity index (χ1n) is 8.78. The molecule has 7 heteroatoms. The Balaban J connectivity index is 3.05. The highest BCUT2D eigenvalue weighted by atomic mass is 16.4. The lowest BCUT2D eigenvalue weighted by molar-refractivity contribution is -0.137. The molecule has 1 amide bonds. The molecule has 1 rings (SSSR count). The van der Waals surface area contributed by atoms with Crippen molar-refractivity contribution in [3.8, 4) is 11.5 Å². The van der Waals surface area contributed by atoms with Crippen LogP contribution < -0.4 is 4.90 Å². The second-order valence-electron chi connectivity index (χ2n) is 6.49. The van der Waals surface area contributed by atoms with Crippen LogP contribution in [0.2, 0.25) is 0 Å². The normalized spacial score (nSPS) is 11.6. The van der Waals surface area contributed by atoms with Crippen molar-refractivity contribution < 1.29 is 30.0 Å². The molecular weight excluding hydrogens is 350 g/mol. The van der Waals surface area contributed by atoms with Gasteiger partial charge in [-0.1, -0.05) is 32.1 Å². The van der Waals surface area contributed by atoms with Gasteiger partial charge in [-0.25, -0.2) is 0 Å². The Bertz CT molecular complexity index is 709. The molecule has 0 atom stereocenters. The molecule has 0 fully saturated rings. The van der Waals surface area contributed by atoms with Gasteiger partial charge in [-0.3, -0.25) is 9.59 Å². The standard InChI is InChI=1S/C20H27NO6/c1-14(2)6-4-3-5-7-19(25)21(10-11-22)16-12-15(8-9-20(26)27)17(23)13-18(16)24/h3-5,7,12-14,22-24H,6,8-11H2,1-2H3,(H,26,27). The van der Waals surface area contributed by atoms with Crippen LogP contribution in [-0.2, 0) is 16.0 Å². The van der Waals surface area contributed by atoms with Crippen LogP contribution in [0.5, 0.6) is 11.5 Å². The van der Waals surface area contributed by atoms with E-state index in [0.29, 0.717) is 11.5 Å². The fourth-order valence-corrected chi connectivity index (χ4v) is 2.37. The smallest absolute Gasteiger partial charge is 0.303 e. The van der Waals surface area contributed by atoms with E-state index in [1.54, 1.807) is 12.2 Å². The minimum atomic E-state index is -1.02. The number of rotatable bonds is 10. The lowest BCUT2D eigenvalue weighted by Crippen LogP contribution is -2.32. The fraction of sp³-hybridized carbons (Fsp3) is 0.400. The van der Waals surface area contributed by atoms with Crippen molar-refractivity contribution in [3.63, 3.8) is 0 Å². The maximum absolute atomic E-state index is 12.5.